The topological polar surface area (TPSA) is 57.5 Å². The number of carbonyl (C=O) groups is 1. The van der Waals surface area contributed by atoms with Crippen molar-refractivity contribution in [2.75, 3.05) is 0 Å². The van der Waals surface area contributed by atoms with Gasteiger partial charge in [0.25, 0.3) is 5.60 Å². The molecule has 0 bridgehead atoms. The van der Waals surface area contributed by atoms with Crippen LogP contribution in [0, 0.1) is 17.8 Å². The summed E-state index contributed by atoms with van der Waals surface area (Å²) >= 11 is 0. The van der Waals surface area contributed by atoms with E-state index in [9.17, 15) is 54.5 Å². The van der Waals surface area contributed by atoms with Gasteiger partial charge in [-0.3, -0.25) is 4.79 Å². The summed E-state index contributed by atoms with van der Waals surface area (Å²) < 4.78 is 118. The summed E-state index contributed by atoms with van der Waals surface area (Å²) in [5.41, 5.74) is -9.43. The van der Waals surface area contributed by atoms with E-state index < -0.39 is 72.5 Å². The molecule has 26 heavy (non-hydrogen) atoms. The summed E-state index contributed by atoms with van der Waals surface area (Å²) in [5.74, 6) is -7.71. The summed E-state index contributed by atoms with van der Waals surface area (Å²) in [6.45, 7) is 0.977. The highest BCUT2D eigenvalue weighted by molar-refractivity contribution is 5.78. The van der Waals surface area contributed by atoms with Gasteiger partial charge in [0.15, 0.2) is 5.60 Å². The van der Waals surface area contributed by atoms with E-state index in [4.69, 9.17) is 0 Å². The van der Waals surface area contributed by atoms with E-state index in [-0.39, 0.29) is 6.92 Å². The van der Waals surface area contributed by atoms with E-state index in [1.54, 1.807) is 0 Å². The van der Waals surface area contributed by atoms with E-state index in [2.05, 4.69) is 0 Å². The molecule has 0 radical (unpaired) electrons. The molecule has 1 fully saturated rings. The Morgan fingerprint density at radius 3 is 1.54 bits per heavy atom. The first-order valence-electron chi connectivity index (χ1n) is 7.43. The SMILES string of the molecule is CC(=O)C1CCC(C(O)(C(F)(F)F)C(F)(F)F)C(C(C)(O)C(F)(F)F)C1. The minimum atomic E-state index is -6.33. The molecule has 1 aliphatic carbocycles. The van der Waals surface area contributed by atoms with Gasteiger partial charge in [0.1, 0.15) is 5.78 Å². The molecular formula is C14H17F9O3. The fourth-order valence-electron chi connectivity index (χ4n) is 3.45. The van der Waals surface area contributed by atoms with Crippen LogP contribution in [0.5, 0.6) is 0 Å². The van der Waals surface area contributed by atoms with Gasteiger partial charge in [-0.1, -0.05) is 0 Å². The van der Waals surface area contributed by atoms with Crippen LogP contribution in [0.25, 0.3) is 0 Å². The largest absolute Gasteiger partial charge is 0.426 e. The van der Waals surface area contributed by atoms with Crippen molar-refractivity contribution < 1.29 is 54.5 Å². The first kappa shape index (κ1) is 23.0. The van der Waals surface area contributed by atoms with Crippen LogP contribution in [-0.2, 0) is 4.79 Å². The first-order chi connectivity index (χ1) is 11.3. The molecule has 0 saturated heterocycles. The number of rotatable bonds is 3. The number of aliphatic hydroxyl groups is 2. The highest BCUT2D eigenvalue weighted by Crippen LogP contribution is 2.57. The molecule has 0 aromatic carbocycles. The quantitative estimate of drug-likeness (QED) is 0.704. The Labute approximate surface area is 142 Å². The zero-order valence-electron chi connectivity index (χ0n) is 13.6. The predicted octanol–water partition coefficient (Wildman–Crippen LogP) is 3.78. The standard InChI is InChI=1S/C14H17F9O3/c1-6(24)7-3-4-8(9(5-7)10(2,25)12(15,16)17)11(26,13(18,19)20)14(21,22)23/h7-9,25-26H,3-5H2,1-2H3. The Kier molecular flexibility index (Phi) is 5.78. The van der Waals surface area contributed by atoms with Gasteiger partial charge in [-0.25, -0.2) is 0 Å². The van der Waals surface area contributed by atoms with E-state index in [0.717, 1.165) is 6.92 Å². The van der Waals surface area contributed by atoms with Crippen molar-refractivity contribution in [2.45, 2.75) is 62.8 Å². The second-order valence-corrected chi connectivity index (χ2v) is 6.74. The maximum atomic E-state index is 13.1. The highest BCUT2D eigenvalue weighted by atomic mass is 19.4. The molecule has 0 heterocycles. The summed E-state index contributed by atoms with van der Waals surface area (Å²) in [6.07, 6.45) is -21.1. The van der Waals surface area contributed by atoms with E-state index in [1.807, 2.05) is 0 Å². The second-order valence-electron chi connectivity index (χ2n) is 6.74. The third-order valence-corrected chi connectivity index (χ3v) is 5.12. The van der Waals surface area contributed by atoms with Crippen LogP contribution in [0.15, 0.2) is 0 Å². The van der Waals surface area contributed by atoms with Crippen molar-refractivity contribution in [3.05, 3.63) is 0 Å². The molecule has 1 rings (SSSR count). The normalized spacial score (nSPS) is 28.6. The minimum Gasteiger partial charge on any atom is -0.380 e. The average molecular weight is 404 g/mol. The zero-order chi connectivity index (χ0) is 20.9. The molecular weight excluding hydrogens is 387 g/mol. The lowest BCUT2D eigenvalue weighted by molar-refractivity contribution is -0.401. The molecule has 0 aromatic rings. The Hall–Kier alpha value is -1.04. The summed E-state index contributed by atoms with van der Waals surface area (Å²) in [4.78, 5) is 11.4. The Morgan fingerprint density at radius 1 is 0.808 bits per heavy atom. The van der Waals surface area contributed by atoms with E-state index in [0.29, 0.717) is 0 Å². The van der Waals surface area contributed by atoms with Crippen molar-refractivity contribution in [3.8, 4) is 0 Å². The number of ketones is 1. The number of carbonyl (C=O) groups excluding carboxylic acids is 1. The van der Waals surface area contributed by atoms with Gasteiger partial charge in [0.05, 0.1) is 0 Å². The lowest BCUT2D eigenvalue weighted by Crippen LogP contribution is -2.67. The third-order valence-electron chi connectivity index (χ3n) is 5.12. The highest BCUT2D eigenvalue weighted by Gasteiger charge is 2.77. The van der Waals surface area contributed by atoms with E-state index in [1.165, 1.54) is 0 Å². The van der Waals surface area contributed by atoms with Gasteiger partial charge in [-0.05, 0) is 33.1 Å². The predicted molar refractivity (Wildman–Crippen MR) is 68.7 cm³/mol. The maximum Gasteiger partial charge on any atom is 0.426 e. The van der Waals surface area contributed by atoms with Crippen LogP contribution in [-0.4, -0.2) is 45.7 Å². The number of halogens is 9. The number of Topliss-reactive ketones (excluding diaryl/α,β-unsaturated/α-hetero) is 1. The second kappa shape index (κ2) is 6.54. The summed E-state index contributed by atoms with van der Waals surface area (Å²) in [5, 5.41) is 19.3. The van der Waals surface area contributed by atoms with Crippen LogP contribution in [0.3, 0.4) is 0 Å². The van der Waals surface area contributed by atoms with Crippen molar-refractivity contribution in [1.29, 1.82) is 0 Å². The number of alkyl halides is 9. The van der Waals surface area contributed by atoms with Gasteiger partial charge < -0.3 is 10.2 Å². The summed E-state index contributed by atoms with van der Waals surface area (Å²) in [6, 6.07) is 0. The maximum absolute atomic E-state index is 13.1. The van der Waals surface area contributed by atoms with Crippen LogP contribution in [0.2, 0.25) is 0 Å². The Bertz CT molecular complexity index is 519. The van der Waals surface area contributed by atoms with Crippen molar-refractivity contribution >= 4 is 5.78 Å². The lowest BCUT2D eigenvalue weighted by atomic mass is 9.60. The van der Waals surface area contributed by atoms with Crippen molar-refractivity contribution in [3.63, 3.8) is 0 Å². The molecule has 3 nitrogen and oxygen atoms in total. The van der Waals surface area contributed by atoms with Gasteiger partial charge in [0, 0.05) is 17.8 Å². The molecule has 0 spiro atoms. The minimum absolute atomic E-state index is 0.0420. The molecule has 4 unspecified atom stereocenters. The van der Waals surface area contributed by atoms with Crippen LogP contribution < -0.4 is 0 Å². The van der Waals surface area contributed by atoms with Crippen molar-refractivity contribution in [2.24, 2.45) is 17.8 Å². The molecule has 1 saturated carbocycles. The summed E-state index contributed by atoms with van der Waals surface area (Å²) in [7, 11) is 0. The fraction of sp³-hybridized carbons (Fsp3) is 0.929. The zero-order valence-corrected chi connectivity index (χ0v) is 13.6. The van der Waals surface area contributed by atoms with Crippen LogP contribution >= 0.6 is 0 Å². The van der Waals surface area contributed by atoms with Gasteiger partial charge in [-0.15, -0.1) is 0 Å². The monoisotopic (exact) mass is 404 g/mol. The van der Waals surface area contributed by atoms with Crippen molar-refractivity contribution in [1.82, 2.24) is 0 Å². The fourth-order valence-corrected chi connectivity index (χ4v) is 3.45. The smallest absolute Gasteiger partial charge is 0.380 e. The number of hydrogen-bond acceptors (Lipinski definition) is 3. The molecule has 0 aromatic heterocycles. The van der Waals surface area contributed by atoms with Gasteiger partial charge in [0.2, 0.25) is 0 Å². The lowest BCUT2D eigenvalue weighted by Gasteiger charge is -2.50. The number of hydrogen-bond donors (Lipinski definition) is 2. The Balaban J connectivity index is 3.57. The first-order valence-corrected chi connectivity index (χ1v) is 7.43. The molecule has 4 atom stereocenters. The molecule has 0 aliphatic heterocycles. The molecule has 154 valence electrons. The van der Waals surface area contributed by atoms with Gasteiger partial charge >= 0.3 is 18.5 Å². The molecule has 12 heteroatoms. The molecule has 1 aliphatic rings. The average Bonchev–Trinajstić information content (AvgIpc) is 2.41. The van der Waals surface area contributed by atoms with Gasteiger partial charge in [-0.2, -0.15) is 39.5 Å². The molecule has 0 amide bonds. The van der Waals surface area contributed by atoms with E-state index >= 15 is 0 Å². The van der Waals surface area contributed by atoms with Crippen LogP contribution in [0.4, 0.5) is 39.5 Å². The third kappa shape index (κ3) is 3.67. The Morgan fingerprint density at radius 2 is 1.23 bits per heavy atom. The van der Waals surface area contributed by atoms with Crippen LogP contribution in [0.1, 0.15) is 33.1 Å². The molecule has 2 N–H and O–H groups in total.